The number of esters is 1. The molecular formula is C15H25NO2. The molecule has 0 aromatic rings. The van der Waals surface area contributed by atoms with Crippen LogP contribution in [0.25, 0.3) is 0 Å². The number of fused-ring (bicyclic) bond motifs is 2. The Morgan fingerprint density at radius 3 is 2.56 bits per heavy atom. The highest BCUT2D eigenvalue weighted by Crippen LogP contribution is 2.44. The quantitative estimate of drug-likeness (QED) is 0.707. The fraction of sp³-hybridized carbons (Fsp3) is 0.933. The summed E-state index contributed by atoms with van der Waals surface area (Å²) in [6.45, 7) is 4.09. The van der Waals surface area contributed by atoms with Crippen LogP contribution in [0, 0.1) is 11.8 Å². The van der Waals surface area contributed by atoms with Crippen LogP contribution in [0.15, 0.2) is 0 Å². The number of rotatable bonds is 2. The molecule has 0 aromatic heterocycles. The Bertz CT molecular complexity index is 312. The van der Waals surface area contributed by atoms with Gasteiger partial charge in [0.15, 0.2) is 0 Å². The van der Waals surface area contributed by atoms with Gasteiger partial charge in [-0.25, -0.2) is 0 Å². The van der Waals surface area contributed by atoms with Crippen LogP contribution < -0.4 is 0 Å². The Labute approximate surface area is 110 Å². The first kappa shape index (κ1) is 12.5. The highest BCUT2D eigenvalue weighted by molar-refractivity contribution is 5.66. The van der Waals surface area contributed by atoms with Gasteiger partial charge in [0.2, 0.25) is 0 Å². The molecule has 1 aliphatic heterocycles. The first-order chi connectivity index (χ1) is 8.75. The molecule has 3 heteroatoms. The van der Waals surface area contributed by atoms with Gasteiger partial charge in [-0.05, 0) is 57.5 Å². The second-order valence-corrected chi connectivity index (χ2v) is 6.32. The van der Waals surface area contributed by atoms with Crippen molar-refractivity contribution in [3.63, 3.8) is 0 Å². The van der Waals surface area contributed by atoms with Gasteiger partial charge in [-0.1, -0.05) is 6.42 Å². The second-order valence-electron chi connectivity index (χ2n) is 6.32. The maximum atomic E-state index is 11.3. The Kier molecular flexibility index (Phi) is 3.60. The third-order valence-corrected chi connectivity index (χ3v) is 5.24. The monoisotopic (exact) mass is 251 g/mol. The highest BCUT2D eigenvalue weighted by Gasteiger charge is 2.45. The highest BCUT2D eigenvalue weighted by atomic mass is 16.5. The molecule has 2 bridgehead atoms. The largest absolute Gasteiger partial charge is 0.462 e. The van der Waals surface area contributed by atoms with Crippen molar-refractivity contribution in [2.75, 3.05) is 13.1 Å². The summed E-state index contributed by atoms with van der Waals surface area (Å²) >= 11 is 0. The smallest absolute Gasteiger partial charge is 0.302 e. The summed E-state index contributed by atoms with van der Waals surface area (Å²) < 4.78 is 5.68. The van der Waals surface area contributed by atoms with Crippen molar-refractivity contribution in [3.8, 4) is 0 Å². The Hall–Kier alpha value is -0.570. The maximum absolute atomic E-state index is 11.3. The summed E-state index contributed by atoms with van der Waals surface area (Å²) in [4.78, 5) is 14.0. The molecule has 0 unspecified atom stereocenters. The van der Waals surface area contributed by atoms with Gasteiger partial charge in [0, 0.05) is 18.9 Å². The van der Waals surface area contributed by atoms with Gasteiger partial charge >= 0.3 is 5.97 Å². The molecule has 102 valence electrons. The lowest BCUT2D eigenvalue weighted by molar-refractivity contribution is -0.161. The molecule has 3 rings (SSSR count). The first-order valence-corrected chi connectivity index (χ1v) is 7.67. The van der Waals surface area contributed by atoms with Crippen molar-refractivity contribution in [1.29, 1.82) is 0 Å². The number of hydrogen-bond acceptors (Lipinski definition) is 3. The minimum Gasteiger partial charge on any atom is -0.462 e. The van der Waals surface area contributed by atoms with E-state index in [1.807, 2.05) is 0 Å². The molecule has 1 saturated heterocycles. The van der Waals surface area contributed by atoms with Crippen molar-refractivity contribution in [2.24, 2.45) is 11.8 Å². The van der Waals surface area contributed by atoms with Gasteiger partial charge in [-0.3, -0.25) is 9.69 Å². The summed E-state index contributed by atoms with van der Waals surface area (Å²) in [6, 6.07) is 0.688. The van der Waals surface area contributed by atoms with E-state index in [1.165, 1.54) is 58.0 Å². The van der Waals surface area contributed by atoms with Crippen LogP contribution in [0.5, 0.6) is 0 Å². The fourth-order valence-corrected chi connectivity index (χ4v) is 4.51. The van der Waals surface area contributed by atoms with Crippen molar-refractivity contribution < 1.29 is 9.53 Å². The third-order valence-electron chi connectivity index (χ3n) is 5.24. The Morgan fingerprint density at radius 2 is 1.83 bits per heavy atom. The summed E-state index contributed by atoms with van der Waals surface area (Å²) in [5, 5.41) is 0. The van der Waals surface area contributed by atoms with Gasteiger partial charge in [0.25, 0.3) is 0 Å². The number of carbonyl (C=O) groups excluding carboxylic acids is 1. The van der Waals surface area contributed by atoms with Gasteiger partial charge in [0.05, 0.1) is 0 Å². The van der Waals surface area contributed by atoms with E-state index in [4.69, 9.17) is 4.74 Å². The standard InChI is InChI=1S/C15H25NO2/c1-11(17)18-15-12-5-4-6-13(15)14(8-7-12)16-9-2-3-10-16/h12-15H,2-10H2,1H3/t12-,13-,14+,15-/m0/s1. The van der Waals surface area contributed by atoms with E-state index in [2.05, 4.69) is 4.90 Å². The fourth-order valence-electron chi connectivity index (χ4n) is 4.51. The first-order valence-electron chi connectivity index (χ1n) is 7.67. The molecule has 3 aliphatic rings. The summed E-state index contributed by atoms with van der Waals surface area (Å²) in [5.74, 6) is 1.17. The Balaban J connectivity index is 1.74. The number of nitrogens with zero attached hydrogens (tertiary/aromatic N) is 1. The van der Waals surface area contributed by atoms with Crippen LogP contribution in [0.3, 0.4) is 0 Å². The number of carbonyl (C=O) groups is 1. The lowest BCUT2D eigenvalue weighted by Gasteiger charge is -2.48. The molecule has 2 aliphatic carbocycles. The minimum atomic E-state index is -0.0843. The molecule has 3 fully saturated rings. The van der Waals surface area contributed by atoms with Crippen molar-refractivity contribution >= 4 is 5.97 Å². The van der Waals surface area contributed by atoms with Gasteiger partial charge < -0.3 is 4.74 Å². The summed E-state index contributed by atoms with van der Waals surface area (Å²) in [7, 11) is 0. The average Bonchev–Trinajstić information content (AvgIpc) is 2.81. The molecular weight excluding hydrogens is 226 g/mol. The molecule has 0 N–H and O–H groups in total. The lowest BCUT2D eigenvalue weighted by Crippen LogP contribution is -2.52. The predicted molar refractivity (Wildman–Crippen MR) is 70.2 cm³/mol. The van der Waals surface area contributed by atoms with Crippen molar-refractivity contribution in [3.05, 3.63) is 0 Å². The number of hydrogen-bond donors (Lipinski definition) is 0. The van der Waals surface area contributed by atoms with Crippen LogP contribution in [0.1, 0.15) is 51.9 Å². The van der Waals surface area contributed by atoms with Crippen LogP contribution >= 0.6 is 0 Å². The Morgan fingerprint density at radius 1 is 1.06 bits per heavy atom. The maximum Gasteiger partial charge on any atom is 0.302 e. The van der Waals surface area contributed by atoms with Gasteiger partial charge in [-0.2, -0.15) is 0 Å². The van der Waals surface area contributed by atoms with E-state index in [0.717, 1.165) is 0 Å². The van der Waals surface area contributed by atoms with E-state index in [9.17, 15) is 4.79 Å². The number of ether oxygens (including phenoxy) is 1. The lowest BCUT2D eigenvalue weighted by atomic mass is 9.67. The average molecular weight is 251 g/mol. The van der Waals surface area contributed by atoms with Crippen molar-refractivity contribution in [2.45, 2.75) is 64.0 Å². The normalized spacial score (nSPS) is 40.7. The van der Waals surface area contributed by atoms with E-state index in [-0.39, 0.29) is 12.1 Å². The van der Waals surface area contributed by atoms with Crippen LogP contribution in [-0.4, -0.2) is 36.1 Å². The molecule has 2 saturated carbocycles. The molecule has 0 amide bonds. The van der Waals surface area contributed by atoms with E-state index in [0.29, 0.717) is 17.9 Å². The van der Waals surface area contributed by atoms with Crippen molar-refractivity contribution in [1.82, 2.24) is 4.90 Å². The zero-order chi connectivity index (χ0) is 12.5. The van der Waals surface area contributed by atoms with Crippen LogP contribution in [0.4, 0.5) is 0 Å². The van der Waals surface area contributed by atoms with Gasteiger partial charge in [0.1, 0.15) is 6.10 Å². The third kappa shape index (κ3) is 2.29. The SMILES string of the molecule is CC(=O)O[C@H]1[C@H]2CCC[C@H]1[C@H](N1CCCC1)CC2. The number of likely N-dealkylation sites (tertiary alicyclic amines) is 1. The van der Waals surface area contributed by atoms with E-state index in [1.54, 1.807) is 6.92 Å². The summed E-state index contributed by atoms with van der Waals surface area (Å²) in [5.41, 5.74) is 0. The summed E-state index contributed by atoms with van der Waals surface area (Å²) in [6.07, 6.45) is 9.36. The molecule has 18 heavy (non-hydrogen) atoms. The molecule has 4 atom stereocenters. The van der Waals surface area contributed by atoms with Gasteiger partial charge in [-0.15, -0.1) is 0 Å². The molecule has 3 nitrogen and oxygen atoms in total. The topological polar surface area (TPSA) is 29.5 Å². The second kappa shape index (κ2) is 5.20. The minimum absolute atomic E-state index is 0.0843. The molecule has 0 spiro atoms. The predicted octanol–water partition coefficient (Wildman–Crippen LogP) is 2.59. The molecule has 0 aromatic carbocycles. The molecule has 0 radical (unpaired) electrons. The molecule has 1 heterocycles. The van der Waals surface area contributed by atoms with Crippen LogP contribution in [-0.2, 0) is 9.53 Å². The van der Waals surface area contributed by atoms with E-state index >= 15 is 0 Å². The zero-order valence-electron chi connectivity index (χ0n) is 11.4. The zero-order valence-corrected chi connectivity index (χ0v) is 11.4. The van der Waals surface area contributed by atoms with E-state index < -0.39 is 0 Å². The van der Waals surface area contributed by atoms with Crippen LogP contribution in [0.2, 0.25) is 0 Å².